The molecule has 0 unspecified atom stereocenters. The van der Waals surface area contributed by atoms with E-state index in [1.165, 1.54) is 31.4 Å². The van der Waals surface area contributed by atoms with Crippen LogP contribution in [0.25, 0.3) is 0 Å². The van der Waals surface area contributed by atoms with E-state index >= 15 is 0 Å². The standard InChI is InChI=1S/C21H15ClFNO4/c1-27-18-8-3-2-5-15(18)20(25)24-13-9-11-14(12-10-13)28-21(26)19-16(22)6-4-7-17(19)23/h2-12H,1H3,(H,24,25). The molecule has 3 rings (SSSR count). The van der Waals surface area contributed by atoms with Crippen molar-refractivity contribution in [3.05, 3.63) is 88.7 Å². The topological polar surface area (TPSA) is 64.6 Å². The molecule has 3 aromatic carbocycles. The molecule has 0 aliphatic heterocycles. The summed E-state index contributed by atoms with van der Waals surface area (Å²) in [7, 11) is 1.48. The Balaban J connectivity index is 1.70. The molecule has 0 heterocycles. The van der Waals surface area contributed by atoms with Crippen molar-refractivity contribution < 1.29 is 23.5 Å². The molecule has 5 nitrogen and oxygen atoms in total. The first-order chi connectivity index (χ1) is 13.5. The number of ether oxygens (including phenoxy) is 2. The number of hydrogen-bond donors (Lipinski definition) is 1. The largest absolute Gasteiger partial charge is 0.496 e. The highest BCUT2D eigenvalue weighted by Gasteiger charge is 2.18. The molecule has 0 fully saturated rings. The third kappa shape index (κ3) is 4.29. The van der Waals surface area contributed by atoms with Crippen LogP contribution >= 0.6 is 11.6 Å². The summed E-state index contributed by atoms with van der Waals surface area (Å²) in [6.07, 6.45) is 0. The number of anilines is 1. The molecule has 7 heteroatoms. The van der Waals surface area contributed by atoms with E-state index in [1.807, 2.05) is 0 Å². The highest BCUT2D eigenvalue weighted by Crippen LogP contribution is 2.23. The van der Waals surface area contributed by atoms with Crippen molar-refractivity contribution in [3.63, 3.8) is 0 Å². The van der Waals surface area contributed by atoms with Crippen LogP contribution in [-0.4, -0.2) is 19.0 Å². The third-order valence-corrected chi connectivity index (χ3v) is 4.16. The quantitative estimate of drug-likeness (QED) is 0.486. The van der Waals surface area contributed by atoms with Gasteiger partial charge in [-0.25, -0.2) is 9.18 Å². The number of para-hydroxylation sites is 1. The summed E-state index contributed by atoms with van der Waals surface area (Å²) in [6.45, 7) is 0. The minimum absolute atomic E-state index is 0.0364. The van der Waals surface area contributed by atoms with Crippen molar-refractivity contribution in [1.82, 2.24) is 0 Å². The smallest absolute Gasteiger partial charge is 0.348 e. The molecule has 1 amide bonds. The van der Waals surface area contributed by atoms with Crippen LogP contribution in [0.4, 0.5) is 10.1 Å². The number of benzene rings is 3. The number of methoxy groups -OCH3 is 1. The van der Waals surface area contributed by atoms with Crippen molar-refractivity contribution in [2.75, 3.05) is 12.4 Å². The first-order valence-electron chi connectivity index (χ1n) is 8.20. The van der Waals surface area contributed by atoms with Crippen LogP contribution in [0.5, 0.6) is 11.5 Å². The van der Waals surface area contributed by atoms with Crippen LogP contribution in [0.15, 0.2) is 66.7 Å². The van der Waals surface area contributed by atoms with E-state index in [4.69, 9.17) is 21.1 Å². The summed E-state index contributed by atoms with van der Waals surface area (Å²) in [6, 6.07) is 16.8. The van der Waals surface area contributed by atoms with E-state index in [9.17, 15) is 14.0 Å². The Hall–Kier alpha value is -3.38. The predicted molar refractivity (Wildman–Crippen MR) is 104 cm³/mol. The van der Waals surface area contributed by atoms with Gasteiger partial charge in [0.1, 0.15) is 22.9 Å². The fourth-order valence-electron chi connectivity index (χ4n) is 2.49. The van der Waals surface area contributed by atoms with Gasteiger partial charge in [0.2, 0.25) is 0 Å². The molecule has 0 aliphatic rings. The lowest BCUT2D eigenvalue weighted by Gasteiger charge is -2.10. The number of carbonyl (C=O) groups is 2. The predicted octanol–water partition coefficient (Wildman–Crippen LogP) is 4.96. The lowest BCUT2D eigenvalue weighted by atomic mass is 10.2. The molecule has 0 saturated carbocycles. The number of carbonyl (C=O) groups excluding carboxylic acids is 2. The molecule has 0 spiro atoms. The highest BCUT2D eigenvalue weighted by molar-refractivity contribution is 6.33. The zero-order valence-electron chi connectivity index (χ0n) is 14.7. The fourth-order valence-corrected chi connectivity index (χ4v) is 2.73. The average Bonchev–Trinajstić information content (AvgIpc) is 2.69. The van der Waals surface area contributed by atoms with Crippen LogP contribution < -0.4 is 14.8 Å². The Kier molecular flexibility index (Phi) is 5.91. The van der Waals surface area contributed by atoms with Gasteiger partial charge < -0.3 is 14.8 Å². The Bertz CT molecular complexity index is 1000. The molecule has 0 aliphatic carbocycles. The number of amides is 1. The SMILES string of the molecule is COc1ccccc1C(=O)Nc1ccc(OC(=O)c2c(F)cccc2Cl)cc1. The van der Waals surface area contributed by atoms with Gasteiger partial charge in [-0.05, 0) is 48.5 Å². The van der Waals surface area contributed by atoms with E-state index in [0.717, 1.165) is 6.07 Å². The van der Waals surface area contributed by atoms with Crippen molar-refractivity contribution in [3.8, 4) is 11.5 Å². The van der Waals surface area contributed by atoms with Crippen LogP contribution in [-0.2, 0) is 0 Å². The van der Waals surface area contributed by atoms with E-state index in [0.29, 0.717) is 17.0 Å². The molecule has 0 bridgehead atoms. The lowest BCUT2D eigenvalue weighted by molar-refractivity contribution is 0.0729. The Morgan fingerprint density at radius 2 is 1.68 bits per heavy atom. The molecule has 28 heavy (non-hydrogen) atoms. The zero-order valence-corrected chi connectivity index (χ0v) is 15.5. The van der Waals surface area contributed by atoms with Gasteiger partial charge in [-0.2, -0.15) is 0 Å². The Morgan fingerprint density at radius 1 is 0.964 bits per heavy atom. The number of nitrogens with one attached hydrogen (secondary N) is 1. The van der Waals surface area contributed by atoms with Gasteiger partial charge in [-0.1, -0.05) is 29.8 Å². The molecule has 3 aromatic rings. The number of esters is 1. The fraction of sp³-hybridized carbons (Fsp3) is 0.0476. The van der Waals surface area contributed by atoms with E-state index in [-0.39, 0.29) is 22.2 Å². The summed E-state index contributed by atoms with van der Waals surface area (Å²) in [5.41, 5.74) is 0.534. The maximum Gasteiger partial charge on any atom is 0.348 e. The maximum atomic E-state index is 13.8. The highest BCUT2D eigenvalue weighted by atomic mass is 35.5. The molecule has 0 radical (unpaired) electrons. The minimum atomic E-state index is -0.908. The van der Waals surface area contributed by atoms with Gasteiger partial charge in [0.25, 0.3) is 5.91 Å². The molecule has 0 atom stereocenters. The molecular weight excluding hydrogens is 385 g/mol. The molecular formula is C21H15ClFNO4. The Morgan fingerprint density at radius 3 is 2.36 bits per heavy atom. The summed E-state index contributed by atoms with van der Waals surface area (Å²) >= 11 is 5.86. The molecule has 142 valence electrons. The van der Waals surface area contributed by atoms with Crippen molar-refractivity contribution in [2.45, 2.75) is 0 Å². The number of rotatable bonds is 5. The van der Waals surface area contributed by atoms with Gasteiger partial charge in [0.15, 0.2) is 0 Å². The monoisotopic (exact) mass is 399 g/mol. The maximum absolute atomic E-state index is 13.8. The van der Waals surface area contributed by atoms with Crippen molar-refractivity contribution >= 4 is 29.2 Å². The lowest BCUT2D eigenvalue weighted by Crippen LogP contribution is -2.13. The van der Waals surface area contributed by atoms with Crippen molar-refractivity contribution in [2.24, 2.45) is 0 Å². The zero-order chi connectivity index (χ0) is 20.1. The second kappa shape index (κ2) is 8.54. The number of halogens is 2. The van der Waals surface area contributed by atoms with Crippen LogP contribution in [0.1, 0.15) is 20.7 Å². The number of hydrogen-bond acceptors (Lipinski definition) is 4. The Labute approximate surface area is 165 Å². The second-order valence-corrected chi connectivity index (χ2v) is 6.07. The summed E-state index contributed by atoms with van der Waals surface area (Å²) in [4.78, 5) is 24.5. The first-order valence-corrected chi connectivity index (χ1v) is 8.58. The van der Waals surface area contributed by atoms with Crippen LogP contribution in [0, 0.1) is 5.82 Å². The van der Waals surface area contributed by atoms with Gasteiger partial charge in [0.05, 0.1) is 17.7 Å². The van der Waals surface area contributed by atoms with Gasteiger partial charge in [-0.15, -0.1) is 0 Å². The second-order valence-electron chi connectivity index (χ2n) is 5.66. The minimum Gasteiger partial charge on any atom is -0.496 e. The third-order valence-electron chi connectivity index (χ3n) is 3.84. The van der Waals surface area contributed by atoms with E-state index in [2.05, 4.69) is 5.32 Å². The van der Waals surface area contributed by atoms with Gasteiger partial charge in [-0.3, -0.25) is 4.79 Å². The van der Waals surface area contributed by atoms with Crippen LogP contribution in [0.3, 0.4) is 0 Å². The molecule has 0 aromatic heterocycles. The molecule has 1 N–H and O–H groups in total. The van der Waals surface area contributed by atoms with E-state index in [1.54, 1.807) is 36.4 Å². The summed E-state index contributed by atoms with van der Waals surface area (Å²) in [5, 5.41) is 2.69. The summed E-state index contributed by atoms with van der Waals surface area (Å²) < 4.78 is 24.1. The van der Waals surface area contributed by atoms with Crippen molar-refractivity contribution in [1.29, 1.82) is 0 Å². The normalized spacial score (nSPS) is 10.2. The van der Waals surface area contributed by atoms with Gasteiger partial charge in [0, 0.05) is 5.69 Å². The van der Waals surface area contributed by atoms with Crippen LogP contribution in [0.2, 0.25) is 5.02 Å². The summed E-state index contributed by atoms with van der Waals surface area (Å²) in [5.74, 6) is -1.39. The average molecular weight is 400 g/mol. The van der Waals surface area contributed by atoms with E-state index < -0.39 is 11.8 Å². The first kappa shape index (κ1) is 19.4. The molecule has 0 saturated heterocycles. The van der Waals surface area contributed by atoms with Gasteiger partial charge >= 0.3 is 5.97 Å².